The number of hydrogen-bond acceptors (Lipinski definition) is 5. The summed E-state index contributed by atoms with van der Waals surface area (Å²) in [5, 5.41) is 0. The van der Waals surface area contributed by atoms with Gasteiger partial charge in [-0.25, -0.2) is 14.5 Å². The molecule has 1 aromatic rings. The van der Waals surface area contributed by atoms with E-state index in [0.717, 1.165) is 21.4 Å². The van der Waals surface area contributed by atoms with Gasteiger partial charge in [0.2, 0.25) is 0 Å². The first-order valence-electron chi connectivity index (χ1n) is 10.1. The van der Waals surface area contributed by atoms with Gasteiger partial charge in [-0.15, -0.1) is 0 Å². The molecule has 0 aliphatic carbocycles. The summed E-state index contributed by atoms with van der Waals surface area (Å²) < 4.78 is 39.5. The Kier molecular flexibility index (Phi) is 6.33. The van der Waals surface area contributed by atoms with Crippen molar-refractivity contribution in [1.82, 2.24) is 9.80 Å². The summed E-state index contributed by atoms with van der Waals surface area (Å²) in [7, 11) is 0. The lowest BCUT2D eigenvalue weighted by Gasteiger charge is -2.35. The van der Waals surface area contributed by atoms with Crippen molar-refractivity contribution in [3.05, 3.63) is 47.5 Å². The molecular formula is C22H26F2N2O5. The predicted molar refractivity (Wildman–Crippen MR) is 108 cm³/mol. The molecule has 3 rings (SSSR count). The van der Waals surface area contributed by atoms with E-state index in [9.17, 15) is 23.2 Å². The first kappa shape index (κ1) is 22.7. The number of likely N-dealkylation sites (tertiary alicyclic amines) is 1. The molecule has 0 radical (unpaired) electrons. The second-order valence-corrected chi connectivity index (χ2v) is 8.65. The van der Waals surface area contributed by atoms with E-state index in [0.29, 0.717) is 6.42 Å². The molecule has 2 aliphatic heterocycles. The summed E-state index contributed by atoms with van der Waals surface area (Å²) >= 11 is 0. The van der Waals surface area contributed by atoms with Crippen LogP contribution < -0.4 is 0 Å². The van der Waals surface area contributed by atoms with Gasteiger partial charge in [0.05, 0.1) is 12.6 Å². The van der Waals surface area contributed by atoms with Crippen LogP contribution in [-0.4, -0.2) is 65.2 Å². The van der Waals surface area contributed by atoms with E-state index < -0.39 is 47.8 Å². The second-order valence-electron chi connectivity index (χ2n) is 8.65. The largest absolute Gasteiger partial charge is 0.447 e. The number of amides is 3. The zero-order valence-electron chi connectivity index (χ0n) is 17.8. The topological polar surface area (TPSA) is 76.2 Å². The van der Waals surface area contributed by atoms with Crippen molar-refractivity contribution in [3.63, 3.8) is 0 Å². The molecule has 1 atom stereocenters. The zero-order chi connectivity index (χ0) is 22.8. The average Bonchev–Trinajstić information content (AvgIpc) is 3.02. The molecule has 9 heteroatoms. The van der Waals surface area contributed by atoms with Crippen LogP contribution in [0.3, 0.4) is 0 Å². The summed E-state index contributed by atoms with van der Waals surface area (Å²) in [6.45, 7) is 4.06. The van der Waals surface area contributed by atoms with Gasteiger partial charge in [-0.2, -0.15) is 8.78 Å². The van der Waals surface area contributed by atoms with Gasteiger partial charge in [0.1, 0.15) is 12.2 Å². The molecule has 7 nitrogen and oxygen atoms in total. The molecule has 0 spiro atoms. The first-order valence-corrected chi connectivity index (χ1v) is 10.1. The number of cyclic esters (lactones) is 1. The van der Waals surface area contributed by atoms with Gasteiger partial charge in [0.25, 0.3) is 11.8 Å². The molecule has 168 valence electrons. The highest BCUT2D eigenvalue weighted by Gasteiger charge is 2.44. The van der Waals surface area contributed by atoms with Crippen LogP contribution in [0.5, 0.6) is 0 Å². The normalized spacial score (nSPS) is 22.4. The molecular weight excluding hydrogens is 410 g/mol. The van der Waals surface area contributed by atoms with E-state index in [1.807, 2.05) is 30.3 Å². The highest BCUT2D eigenvalue weighted by atomic mass is 19.3. The van der Waals surface area contributed by atoms with Gasteiger partial charge in [-0.1, -0.05) is 30.3 Å². The number of imide groups is 1. The zero-order valence-corrected chi connectivity index (χ0v) is 17.8. The molecule has 2 aliphatic rings. The molecule has 1 unspecified atom stereocenters. The smallest absolute Gasteiger partial charge is 0.417 e. The number of nitrogens with zero attached hydrogens (tertiary/aromatic N) is 2. The van der Waals surface area contributed by atoms with Crippen LogP contribution in [0.1, 0.15) is 32.8 Å². The molecule has 0 bridgehead atoms. The minimum absolute atomic E-state index is 0.00541. The van der Waals surface area contributed by atoms with Crippen molar-refractivity contribution in [2.75, 3.05) is 19.7 Å². The van der Waals surface area contributed by atoms with Crippen LogP contribution in [0.2, 0.25) is 0 Å². The molecule has 0 saturated carbocycles. The number of carbonyl (C=O) groups excluding carboxylic acids is 3. The minimum Gasteiger partial charge on any atom is -0.447 e. The molecule has 3 amide bonds. The van der Waals surface area contributed by atoms with E-state index >= 15 is 0 Å². The Labute approximate surface area is 179 Å². The molecule has 1 aromatic carbocycles. The Bertz CT molecular complexity index is 880. The number of halogens is 2. The number of benzene rings is 1. The number of alkyl halides is 2. The Morgan fingerprint density at radius 1 is 1.26 bits per heavy atom. The summed E-state index contributed by atoms with van der Waals surface area (Å²) in [5.41, 5.74) is -0.328. The standard InChI is InChI=1S/C22H26F2N2O5/c1-21(2,3)31-19(28)25-10-9-16(22(23,24)14-25)12-18(27)26-17(13-30-20(26)29)11-15-7-5-4-6-8-15/h4-8,12,17H,9-11,13-14H2,1-3H3/b16-12-. The highest BCUT2D eigenvalue weighted by Crippen LogP contribution is 2.33. The fourth-order valence-corrected chi connectivity index (χ4v) is 3.50. The monoisotopic (exact) mass is 436 g/mol. The average molecular weight is 436 g/mol. The van der Waals surface area contributed by atoms with Crippen LogP contribution in [0, 0.1) is 0 Å². The SMILES string of the molecule is CC(C)(C)OC(=O)N1CC/C(=C/C(=O)N2C(=O)OCC2Cc2ccccc2)C(F)(F)C1. The summed E-state index contributed by atoms with van der Waals surface area (Å²) in [4.78, 5) is 38.7. The van der Waals surface area contributed by atoms with Gasteiger partial charge >= 0.3 is 12.2 Å². The first-order chi connectivity index (χ1) is 14.5. The van der Waals surface area contributed by atoms with Gasteiger partial charge < -0.3 is 14.4 Å². The van der Waals surface area contributed by atoms with Crippen LogP contribution >= 0.6 is 0 Å². The summed E-state index contributed by atoms with van der Waals surface area (Å²) in [6.07, 6.45) is -0.716. The molecule has 2 saturated heterocycles. The van der Waals surface area contributed by atoms with Crippen molar-refractivity contribution < 1.29 is 32.6 Å². The Balaban J connectivity index is 1.71. The van der Waals surface area contributed by atoms with E-state index in [2.05, 4.69) is 0 Å². The lowest BCUT2D eigenvalue weighted by Crippen LogP contribution is -2.49. The van der Waals surface area contributed by atoms with Crippen molar-refractivity contribution >= 4 is 18.1 Å². The third kappa shape index (κ3) is 5.59. The van der Waals surface area contributed by atoms with Gasteiger partial charge in [0.15, 0.2) is 0 Å². The maximum atomic E-state index is 14.7. The second kappa shape index (κ2) is 8.64. The number of carbonyl (C=O) groups is 3. The molecule has 2 heterocycles. The third-order valence-electron chi connectivity index (χ3n) is 4.97. The molecule has 2 fully saturated rings. The molecule has 31 heavy (non-hydrogen) atoms. The number of ether oxygens (including phenoxy) is 2. The molecule has 0 aromatic heterocycles. The van der Waals surface area contributed by atoms with E-state index in [-0.39, 0.29) is 19.6 Å². The van der Waals surface area contributed by atoms with E-state index in [1.165, 1.54) is 0 Å². The van der Waals surface area contributed by atoms with Gasteiger partial charge in [-0.05, 0) is 39.2 Å². The predicted octanol–water partition coefficient (Wildman–Crippen LogP) is 3.78. The summed E-state index contributed by atoms with van der Waals surface area (Å²) in [6, 6.07) is 8.64. The lowest BCUT2D eigenvalue weighted by atomic mass is 9.99. The fraction of sp³-hybridized carbons (Fsp3) is 0.500. The van der Waals surface area contributed by atoms with Gasteiger partial charge in [0, 0.05) is 18.2 Å². The van der Waals surface area contributed by atoms with Crippen LogP contribution in [-0.2, 0) is 20.7 Å². The van der Waals surface area contributed by atoms with Crippen LogP contribution in [0.15, 0.2) is 42.0 Å². The van der Waals surface area contributed by atoms with Gasteiger partial charge in [-0.3, -0.25) is 4.79 Å². The quantitative estimate of drug-likeness (QED) is 0.674. The Morgan fingerprint density at radius 2 is 1.94 bits per heavy atom. The third-order valence-corrected chi connectivity index (χ3v) is 4.97. The minimum atomic E-state index is -3.41. The van der Waals surface area contributed by atoms with E-state index in [1.54, 1.807) is 20.8 Å². The van der Waals surface area contributed by atoms with Crippen LogP contribution in [0.4, 0.5) is 18.4 Å². The van der Waals surface area contributed by atoms with E-state index in [4.69, 9.17) is 9.47 Å². The lowest BCUT2D eigenvalue weighted by molar-refractivity contribution is -0.124. The Morgan fingerprint density at radius 3 is 2.55 bits per heavy atom. The van der Waals surface area contributed by atoms with Crippen molar-refractivity contribution in [2.45, 2.75) is 51.2 Å². The summed E-state index contributed by atoms with van der Waals surface area (Å²) in [5.74, 6) is -4.26. The fourth-order valence-electron chi connectivity index (χ4n) is 3.50. The number of piperidine rings is 1. The van der Waals surface area contributed by atoms with Crippen molar-refractivity contribution in [1.29, 1.82) is 0 Å². The van der Waals surface area contributed by atoms with Crippen LogP contribution in [0.25, 0.3) is 0 Å². The number of rotatable bonds is 3. The maximum Gasteiger partial charge on any atom is 0.417 e. The molecule has 0 N–H and O–H groups in total. The van der Waals surface area contributed by atoms with Crippen molar-refractivity contribution in [3.8, 4) is 0 Å². The highest BCUT2D eigenvalue weighted by molar-refractivity contribution is 6.00. The Hall–Kier alpha value is -2.97. The van der Waals surface area contributed by atoms with Crippen molar-refractivity contribution in [2.24, 2.45) is 0 Å². The maximum absolute atomic E-state index is 14.7. The number of hydrogen-bond donors (Lipinski definition) is 0.